The summed E-state index contributed by atoms with van der Waals surface area (Å²) < 4.78 is 2.23. The van der Waals surface area contributed by atoms with Crippen molar-refractivity contribution in [2.75, 3.05) is 0 Å². The third-order valence-electron chi connectivity index (χ3n) is 3.47. The molecule has 0 aliphatic heterocycles. The maximum atomic E-state index is 6.21. The predicted octanol–water partition coefficient (Wildman–Crippen LogP) is 6.05. The van der Waals surface area contributed by atoms with E-state index in [1.165, 1.54) is 38.5 Å². The Morgan fingerprint density at radius 2 is 1.86 bits per heavy atom. The monoisotopic (exact) mass is 322 g/mol. The van der Waals surface area contributed by atoms with Gasteiger partial charge >= 0.3 is 0 Å². The fourth-order valence-electron chi connectivity index (χ4n) is 2.26. The van der Waals surface area contributed by atoms with Gasteiger partial charge in [-0.3, -0.25) is 0 Å². The Balaban J connectivity index is 1.83. The fraction of sp³-hybridized carbons (Fsp3) is 0.471. The standard InChI is InChI=1S/C17H23ClN2S/c1-2-3-4-5-6-9-13-20-14-12-19-17(20)21-16-11-8-7-10-15(16)18/h7-8,10-12,14H,2-6,9,13H2,1H3. The smallest absolute Gasteiger partial charge is 0.172 e. The molecule has 0 aliphatic carbocycles. The van der Waals surface area contributed by atoms with E-state index >= 15 is 0 Å². The number of hydrogen-bond donors (Lipinski definition) is 0. The van der Waals surface area contributed by atoms with Crippen LogP contribution in [-0.4, -0.2) is 9.55 Å². The minimum absolute atomic E-state index is 0.789. The highest BCUT2D eigenvalue weighted by molar-refractivity contribution is 7.99. The van der Waals surface area contributed by atoms with Gasteiger partial charge in [-0.1, -0.05) is 74.5 Å². The van der Waals surface area contributed by atoms with Gasteiger partial charge < -0.3 is 4.57 Å². The summed E-state index contributed by atoms with van der Waals surface area (Å²) in [6.45, 7) is 3.29. The molecule has 2 rings (SSSR count). The molecule has 0 aliphatic rings. The molecular weight excluding hydrogens is 300 g/mol. The summed E-state index contributed by atoms with van der Waals surface area (Å²) in [6, 6.07) is 7.92. The van der Waals surface area contributed by atoms with Gasteiger partial charge in [-0.25, -0.2) is 4.98 Å². The summed E-state index contributed by atoms with van der Waals surface area (Å²) in [6.07, 6.45) is 11.8. The zero-order valence-corrected chi connectivity index (χ0v) is 14.2. The molecule has 4 heteroatoms. The highest BCUT2D eigenvalue weighted by atomic mass is 35.5. The van der Waals surface area contributed by atoms with Gasteiger partial charge in [0.15, 0.2) is 5.16 Å². The van der Waals surface area contributed by atoms with E-state index in [0.717, 1.165) is 21.6 Å². The van der Waals surface area contributed by atoms with Crippen LogP contribution in [0.5, 0.6) is 0 Å². The van der Waals surface area contributed by atoms with Crippen LogP contribution in [0.25, 0.3) is 0 Å². The van der Waals surface area contributed by atoms with Crippen LogP contribution in [0.15, 0.2) is 46.7 Å². The molecule has 2 nitrogen and oxygen atoms in total. The highest BCUT2D eigenvalue weighted by Crippen LogP contribution is 2.32. The first-order chi connectivity index (χ1) is 10.3. The molecule has 0 atom stereocenters. The van der Waals surface area contributed by atoms with Crippen LogP contribution in [0.3, 0.4) is 0 Å². The summed E-state index contributed by atoms with van der Waals surface area (Å²) >= 11 is 7.85. The Kier molecular flexibility index (Phi) is 7.17. The van der Waals surface area contributed by atoms with Crippen molar-refractivity contribution in [3.05, 3.63) is 41.7 Å². The lowest BCUT2D eigenvalue weighted by Gasteiger charge is -2.08. The van der Waals surface area contributed by atoms with Gasteiger partial charge in [0.25, 0.3) is 0 Å². The zero-order chi connectivity index (χ0) is 14.9. The van der Waals surface area contributed by atoms with Crippen molar-refractivity contribution in [1.29, 1.82) is 0 Å². The van der Waals surface area contributed by atoms with Gasteiger partial charge in [-0.05, 0) is 18.6 Å². The van der Waals surface area contributed by atoms with Crippen molar-refractivity contribution >= 4 is 23.4 Å². The number of nitrogens with zero attached hydrogens (tertiary/aromatic N) is 2. The Labute approximate surface area is 136 Å². The molecule has 0 saturated heterocycles. The lowest BCUT2D eigenvalue weighted by atomic mass is 10.1. The van der Waals surface area contributed by atoms with Crippen molar-refractivity contribution < 1.29 is 0 Å². The summed E-state index contributed by atoms with van der Waals surface area (Å²) in [5.41, 5.74) is 0. The number of aryl methyl sites for hydroxylation is 1. The van der Waals surface area contributed by atoms with Crippen molar-refractivity contribution in [2.45, 2.75) is 62.0 Å². The van der Waals surface area contributed by atoms with E-state index in [9.17, 15) is 0 Å². The Hall–Kier alpha value is -0.930. The van der Waals surface area contributed by atoms with Crippen LogP contribution in [-0.2, 0) is 6.54 Å². The molecule has 2 aromatic rings. The quantitative estimate of drug-likeness (QED) is 0.523. The molecule has 0 bridgehead atoms. The van der Waals surface area contributed by atoms with E-state index in [2.05, 4.69) is 22.7 Å². The lowest BCUT2D eigenvalue weighted by Crippen LogP contribution is -1.98. The largest absolute Gasteiger partial charge is 0.326 e. The van der Waals surface area contributed by atoms with Crippen LogP contribution in [0.2, 0.25) is 5.02 Å². The van der Waals surface area contributed by atoms with Crippen molar-refractivity contribution in [2.24, 2.45) is 0 Å². The van der Waals surface area contributed by atoms with Gasteiger partial charge in [-0.15, -0.1) is 0 Å². The number of aromatic nitrogens is 2. The van der Waals surface area contributed by atoms with Gasteiger partial charge in [-0.2, -0.15) is 0 Å². The molecule has 0 radical (unpaired) electrons. The van der Waals surface area contributed by atoms with E-state index in [0.29, 0.717) is 0 Å². The number of unbranched alkanes of at least 4 members (excludes halogenated alkanes) is 5. The first-order valence-corrected chi connectivity index (χ1v) is 8.94. The van der Waals surface area contributed by atoms with Crippen LogP contribution in [0.1, 0.15) is 45.4 Å². The van der Waals surface area contributed by atoms with E-state index in [1.807, 2.05) is 30.5 Å². The molecular formula is C17H23ClN2S. The van der Waals surface area contributed by atoms with Crippen molar-refractivity contribution in [1.82, 2.24) is 9.55 Å². The SMILES string of the molecule is CCCCCCCCn1ccnc1Sc1ccccc1Cl. The number of halogens is 1. The zero-order valence-electron chi connectivity index (χ0n) is 12.6. The predicted molar refractivity (Wildman–Crippen MR) is 91.2 cm³/mol. The summed E-state index contributed by atoms with van der Waals surface area (Å²) in [5.74, 6) is 0. The second-order valence-corrected chi connectivity index (χ2v) is 6.62. The molecule has 1 heterocycles. The normalized spacial score (nSPS) is 11.0. The van der Waals surface area contributed by atoms with Crippen LogP contribution < -0.4 is 0 Å². The number of hydrogen-bond acceptors (Lipinski definition) is 2. The van der Waals surface area contributed by atoms with Gasteiger partial charge in [0, 0.05) is 23.8 Å². The van der Waals surface area contributed by atoms with Gasteiger partial charge in [0.2, 0.25) is 0 Å². The van der Waals surface area contributed by atoms with E-state index in [4.69, 9.17) is 11.6 Å². The van der Waals surface area contributed by atoms with Crippen LogP contribution >= 0.6 is 23.4 Å². The first kappa shape index (κ1) is 16.4. The summed E-state index contributed by atoms with van der Waals surface area (Å²) in [7, 11) is 0. The number of benzene rings is 1. The van der Waals surface area contributed by atoms with Crippen LogP contribution in [0.4, 0.5) is 0 Å². The van der Waals surface area contributed by atoms with Gasteiger partial charge in [0.1, 0.15) is 0 Å². The Morgan fingerprint density at radius 1 is 1.10 bits per heavy atom. The molecule has 0 amide bonds. The second kappa shape index (κ2) is 9.16. The maximum absolute atomic E-state index is 6.21. The van der Waals surface area contributed by atoms with Gasteiger partial charge in [0.05, 0.1) is 5.02 Å². The fourth-order valence-corrected chi connectivity index (χ4v) is 3.40. The maximum Gasteiger partial charge on any atom is 0.172 e. The lowest BCUT2D eigenvalue weighted by molar-refractivity contribution is 0.536. The molecule has 0 unspecified atom stereocenters. The van der Waals surface area contributed by atoms with E-state index < -0.39 is 0 Å². The molecule has 0 saturated carbocycles. The molecule has 114 valence electrons. The minimum atomic E-state index is 0.789. The average Bonchev–Trinajstić information content (AvgIpc) is 2.92. The Bertz CT molecular complexity index is 539. The molecule has 0 N–H and O–H groups in total. The van der Waals surface area contributed by atoms with Crippen LogP contribution in [0, 0.1) is 0 Å². The third-order valence-corrected chi connectivity index (χ3v) is 5.01. The van der Waals surface area contributed by atoms with Crippen molar-refractivity contribution in [3.63, 3.8) is 0 Å². The third kappa shape index (κ3) is 5.40. The molecule has 1 aromatic carbocycles. The molecule has 0 fully saturated rings. The second-order valence-electron chi connectivity index (χ2n) is 5.20. The summed E-state index contributed by atoms with van der Waals surface area (Å²) in [4.78, 5) is 5.51. The Morgan fingerprint density at radius 3 is 2.67 bits per heavy atom. The van der Waals surface area contributed by atoms with Crippen molar-refractivity contribution in [3.8, 4) is 0 Å². The average molecular weight is 323 g/mol. The number of rotatable bonds is 9. The minimum Gasteiger partial charge on any atom is -0.326 e. The molecule has 1 aromatic heterocycles. The summed E-state index contributed by atoms with van der Waals surface area (Å²) in [5, 5.41) is 1.81. The molecule has 21 heavy (non-hydrogen) atoms. The topological polar surface area (TPSA) is 17.8 Å². The highest BCUT2D eigenvalue weighted by Gasteiger charge is 2.07. The number of imidazole rings is 1. The molecule has 0 spiro atoms. The first-order valence-electron chi connectivity index (χ1n) is 7.74. The van der Waals surface area contributed by atoms with E-state index in [-0.39, 0.29) is 0 Å². The van der Waals surface area contributed by atoms with E-state index in [1.54, 1.807) is 11.8 Å².